The molecule has 2 aromatic rings. The standard InChI is InChI=1S/C14H12BrCl2FN2/c15-10-5-2-4-9(13(10)17)12(20-19)7-8-3-1-6-11(16)14(8)18/h1-6,12,20H,7,19H2. The molecule has 1 unspecified atom stereocenters. The number of nitrogens with two attached hydrogens (primary N) is 1. The molecule has 3 N–H and O–H groups in total. The number of hydrazine groups is 1. The number of hydrogen-bond donors (Lipinski definition) is 2. The van der Waals surface area contributed by atoms with Gasteiger partial charge in [0, 0.05) is 4.47 Å². The molecule has 0 saturated heterocycles. The Morgan fingerprint density at radius 3 is 2.60 bits per heavy atom. The molecule has 6 heteroatoms. The molecule has 0 aromatic heterocycles. The van der Waals surface area contributed by atoms with Gasteiger partial charge in [-0.1, -0.05) is 47.5 Å². The Kier molecular flexibility index (Phi) is 5.41. The fourth-order valence-electron chi connectivity index (χ4n) is 1.97. The van der Waals surface area contributed by atoms with E-state index >= 15 is 0 Å². The van der Waals surface area contributed by atoms with Gasteiger partial charge in [-0.25, -0.2) is 4.39 Å². The van der Waals surface area contributed by atoms with Gasteiger partial charge in [0.15, 0.2) is 0 Å². The summed E-state index contributed by atoms with van der Waals surface area (Å²) >= 11 is 15.4. The fourth-order valence-corrected chi connectivity index (χ4v) is 2.81. The second-order valence-corrected chi connectivity index (χ2v) is 5.92. The van der Waals surface area contributed by atoms with E-state index in [-0.39, 0.29) is 11.1 Å². The van der Waals surface area contributed by atoms with Crippen molar-refractivity contribution in [1.29, 1.82) is 0 Å². The Bertz CT molecular complexity index is 622. The SMILES string of the molecule is NNC(Cc1cccc(Cl)c1F)c1cccc(Br)c1Cl. The van der Waals surface area contributed by atoms with Crippen LogP contribution in [0.25, 0.3) is 0 Å². The molecule has 0 heterocycles. The molecule has 2 aromatic carbocycles. The highest BCUT2D eigenvalue weighted by atomic mass is 79.9. The van der Waals surface area contributed by atoms with E-state index in [4.69, 9.17) is 29.0 Å². The third-order valence-corrected chi connectivity index (χ3v) is 4.62. The van der Waals surface area contributed by atoms with Crippen molar-refractivity contribution >= 4 is 39.1 Å². The predicted octanol–water partition coefficient (Wildman–Crippen LogP) is 4.64. The summed E-state index contributed by atoms with van der Waals surface area (Å²) in [7, 11) is 0. The summed E-state index contributed by atoms with van der Waals surface area (Å²) in [5, 5.41) is 0.650. The molecular formula is C14H12BrCl2FN2. The van der Waals surface area contributed by atoms with Crippen LogP contribution in [-0.4, -0.2) is 0 Å². The Hall–Kier alpha value is -0.650. The van der Waals surface area contributed by atoms with Crippen molar-refractivity contribution in [1.82, 2.24) is 5.43 Å². The highest BCUT2D eigenvalue weighted by Crippen LogP contribution is 2.32. The zero-order chi connectivity index (χ0) is 14.7. The van der Waals surface area contributed by atoms with Crippen LogP contribution < -0.4 is 11.3 Å². The average molecular weight is 378 g/mol. The topological polar surface area (TPSA) is 38.0 Å². The summed E-state index contributed by atoms with van der Waals surface area (Å²) < 4.78 is 14.7. The van der Waals surface area contributed by atoms with E-state index in [9.17, 15) is 4.39 Å². The maximum atomic E-state index is 14.0. The Labute approximate surface area is 135 Å². The van der Waals surface area contributed by atoms with E-state index in [2.05, 4.69) is 21.4 Å². The summed E-state index contributed by atoms with van der Waals surface area (Å²) in [6.07, 6.45) is 0.346. The monoisotopic (exact) mass is 376 g/mol. The van der Waals surface area contributed by atoms with Gasteiger partial charge < -0.3 is 0 Å². The minimum absolute atomic E-state index is 0.0959. The first kappa shape index (κ1) is 15.7. The number of nitrogens with one attached hydrogen (secondary N) is 1. The van der Waals surface area contributed by atoms with Gasteiger partial charge in [0.2, 0.25) is 0 Å². The third-order valence-electron chi connectivity index (χ3n) is 3.01. The summed E-state index contributed by atoms with van der Waals surface area (Å²) in [5.74, 6) is 5.15. The van der Waals surface area contributed by atoms with Crippen LogP contribution in [0.2, 0.25) is 10.0 Å². The molecular weight excluding hydrogens is 366 g/mol. The molecule has 0 saturated carbocycles. The lowest BCUT2D eigenvalue weighted by Gasteiger charge is -2.19. The zero-order valence-electron chi connectivity index (χ0n) is 10.3. The molecule has 2 rings (SSSR count). The lowest BCUT2D eigenvalue weighted by atomic mass is 9.99. The van der Waals surface area contributed by atoms with Crippen molar-refractivity contribution in [2.75, 3.05) is 0 Å². The second-order valence-electron chi connectivity index (χ2n) is 4.28. The molecule has 0 amide bonds. The Morgan fingerprint density at radius 1 is 1.20 bits per heavy atom. The predicted molar refractivity (Wildman–Crippen MR) is 84.3 cm³/mol. The summed E-state index contributed by atoms with van der Waals surface area (Å²) in [6.45, 7) is 0. The van der Waals surface area contributed by atoms with Crippen LogP contribution in [0.1, 0.15) is 17.2 Å². The van der Waals surface area contributed by atoms with Crippen LogP contribution in [0.3, 0.4) is 0 Å². The van der Waals surface area contributed by atoms with Gasteiger partial charge in [-0.2, -0.15) is 0 Å². The van der Waals surface area contributed by atoms with Crippen molar-refractivity contribution in [3.8, 4) is 0 Å². The largest absolute Gasteiger partial charge is 0.271 e. The minimum atomic E-state index is -0.430. The Morgan fingerprint density at radius 2 is 1.90 bits per heavy atom. The van der Waals surface area contributed by atoms with E-state index in [0.29, 0.717) is 17.0 Å². The van der Waals surface area contributed by atoms with E-state index in [1.165, 1.54) is 6.07 Å². The highest BCUT2D eigenvalue weighted by molar-refractivity contribution is 9.10. The maximum Gasteiger partial charge on any atom is 0.145 e. The lowest BCUT2D eigenvalue weighted by Crippen LogP contribution is -2.30. The van der Waals surface area contributed by atoms with Crippen LogP contribution >= 0.6 is 39.1 Å². The number of rotatable bonds is 4. The first-order chi connectivity index (χ1) is 9.54. The molecule has 0 aliphatic carbocycles. The third kappa shape index (κ3) is 3.32. The van der Waals surface area contributed by atoms with Crippen molar-refractivity contribution in [3.63, 3.8) is 0 Å². The van der Waals surface area contributed by atoms with Crippen LogP contribution in [0, 0.1) is 5.82 Å². The van der Waals surface area contributed by atoms with Crippen molar-refractivity contribution in [2.24, 2.45) is 5.84 Å². The van der Waals surface area contributed by atoms with Crippen molar-refractivity contribution < 1.29 is 4.39 Å². The number of hydrogen-bond acceptors (Lipinski definition) is 2. The van der Waals surface area contributed by atoms with E-state index in [1.807, 2.05) is 18.2 Å². The van der Waals surface area contributed by atoms with Crippen molar-refractivity contribution in [3.05, 3.63) is 67.9 Å². The van der Waals surface area contributed by atoms with Gasteiger partial charge in [-0.05, 0) is 45.6 Å². The smallest absolute Gasteiger partial charge is 0.145 e. The fraction of sp³-hybridized carbons (Fsp3) is 0.143. The molecule has 0 aliphatic heterocycles. The number of benzene rings is 2. The summed E-state index contributed by atoms with van der Waals surface area (Å²) in [4.78, 5) is 0. The molecule has 106 valence electrons. The molecule has 0 spiro atoms. The average Bonchev–Trinajstić information content (AvgIpc) is 2.44. The van der Waals surface area contributed by atoms with Gasteiger partial charge in [0.25, 0.3) is 0 Å². The van der Waals surface area contributed by atoms with Crippen LogP contribution in [0.15, 0.2) is 40.9 Å². The summed E-state index contributed by atoms with van der Waals surface area (Å²) in [5.41, 5.74) is 3.94. The van der Waals surface area contributed by atoms with Crippen molar-refractivity contribution in [2.45, 2.75) is 12.5 Å². The first-order valence-electron chi connectivity index (χ1n) is 5.87. The Balaban J connectivity index is 2.34. The highest BCUT2D eigenvalue weighted by Gasteiger charge is 2.18. The quantitative estimate of drug-likeness (QED) is 0.601. The normalized spacial score (nSPS) is 12.4. The molecule has 20 heavy (non-hydrogen) atoms. The second kappa shape index (κ2) is 6.87. The summed E-state index contributed by atoms with van der Waals surface area (Å²) in [6, 6.07) is 10.1. The minimum Gasteiger partial charge on any atom is -0.271 e. The number of halogens is 4. The van der Waals surface area contributed by atoms with E-state index in [0.717, 1.165) is 10.0 Å². The first-order valence-corrected chi connectivity index (χ1v) is 7.42. The van der Waals surface area contributed by atoms with Crippen LogP contribution in [0.5, 0.6) is 0 Å². The molecule has 0 fully saturated rings. The molecule has 0 bridgehead atoms. The molecule has 2 nitrogen and oxygen atoms in total. The van der Waals surface area contributed by atoms with Crippen LogP contribution in [0.4, 0.5) is 4.39 Å². The molecule has 0 aliphatic rings. The molecule has 1 atom stereocenters. The van der Waals surface area contributed by atoms with Gasteiger partial charge in [-0.3, -0.25) is 11.3 Å². The maximum absolute atomic E-state index is 14.0. The lowest BCUT2D eigenvalue weighted by molar-refractivity contribution is 0.529. The van der Waals surface area contributed by atoms with E-state index in [1.54, 1.807) is 12.1 Å². The van der Waals surface area contributed by atoms with Crippen LogP contribution in [-0.2, 0) is 6.42 Å². The zero-order valence-corrected chi connectivity index (χ0v) is 13.4. The van der Waals surface area contributed by atoms with Gasteiger partial charge in [0.05, 0.1) is 16.1 Å². The van der Waals surface area contributed by atoms with Gasteiger partial charge in [-0.15, -0.1) is 0 Å². The van der Waals surface area contributed by atoms with Gasteiger partial charge >= 0.3 is 0 Å². The van der Waals surface area contributed by atoms with Gasteiger partial charge in [0.1, 0.15) is 5.82 Å². The molecule has 0 radical (unpaired) electrons. The van der Waals surface area contributed by atoms with E-state index < -0.39 is 5.82 Å².